The molecule has 0 saturated carbocycles. The largest absolute Gasteiger partial charge is 0.250 e. The van der Waals surface area contributed by atoms with Crippen molar-refractivity contribution in [3.05, 3.63) is 12.3 Å². The topological polar surface area (TPSA) is 36.1 Å². The Balaban J connectivity index is 2.61. The van der Waals surface area contributed by atoms with Gasteiger partial charge in [-0.3, -0.25) is 4.99 Å². The van der Waals surface area contributed by atoms with Crippen molar-refractivity contribution < 1.29 is 0 Å². The molecule has 0 spiro atoms. The molecule has 1 unspecified atom stereocenters. The number of halogens is 1. The molecule has 0 aromatic rings. The van der Waals surface area contributed by atoms with Crippen molar-refractivity contribution in [1.29, 1.82) is 5.26 Å². The van der Waals surface area contributed by atoms with E-state index in [9.17, 15) is 0 Å². The predicted octanol–water partition coefficient (Wildman–Crippen LogP) is 1.88. The molecule has 0 aliphatic carbocycles. The van der Waals surface area contributed by atoms with Crippen LogP contribution in [0.25, 0.3) is 0 Å². The fourth-order valence-electron chi connectivity index (χ4n) is 0.804. The average molecular weight is 199 g/mol. The second kappa shape index (κ2) is 3.52. The lowest BCUT2D eigenvalue weighted by Crippen LogP contribution is -2.08. The summed E-state index contributed by atoms with van der Waals surface area (Å²) < 4.78 is 0. The molecule has 3 heteroatoms. The normalized spacial score (nSPS) is 23.6. The highest BCUT2D eigenvalue weighted by Crippen LogP contribution is 2.13. The van der Waals surface area contributed by atoms with Crippen LogP contribution in [0.2, 0.25) is 0 Å². The standard InChI is InChI=1S/C7H7BrN2/c8-4-6-1-2-10-7(3-6)5-9/h1-2,6H,3-4H2. The van der Waals surface area contributed by atoms with Crippen molar-refractivity contribution in [2.45, 2.75) is 6.42 Å². The first kappa shape index (κ1) is 7.49. The highest BCUT2D eigenvalue weighted by atomic mass is 79.9. The average Bonchev–Trinajstić information content (AvgIpc) is 2.05. The van der Waals surface area contributed by atoms with Gasteiger partial charge in [0.15, 0.2) is 0 Å². The number of allylic oxidation sites excluding steroid dienone is 1. The van der Waals surface area contributed by atoms with Gasteiger partial charge in [0.05, 0.1) is 0 Å². The maximum absolute atomic E-state index is 8.47. The second-order valence-electron chi connectivity index (χ2n) is 2.15. The predicted molar refractivity (Wildman–Crippen MR) is 44.1 cm³/mol. The molecule has 0 aromatic heterocycles. The minimum absolute atomic E-state index is 0.451. The van der Waals surface area contributed by atoms with Gasteiger partial charge in [0.1, 0.15) is 11.8 Å². The van der Waals surface area contributed by atoms with Crippen LogP contribution in [-0.2, 0) is 0 Å². The minimum Gasteiger partial charge on any atom is -0.250 e. The number of nitrogens with zero attached hydrogens (tertiary/aromatic N) is 2. The summed E-state index contributed by atoms with van der Waals surface area (Å²) in [6.45, 7) is 0. The molecule has 2 nitrogen and oxygen atoms in total. The zero-order valence-electron chi connectivity index (χ0n) is 5.42. The molecule has 0 saturated heterocycles. The lowest BCUT2D eigenvalue weighted by molar-refractivity contribution is 0.777. The second-order valence-corrected chi connectivity index (χ2v) is 2.80. The highest BCUT2D eigenvalue weighted by Gasteiger charge is 2.09. The fourth-order valence-corrected chi connectivity index (χ4v) is 1.25. The third-order valence-corrected chi connectivity index (χ3v) is 2.20. The molecule has 1 aliphatic heterocycles. The maximum Gasteiger partial charge on any atom is 0.118 e. The van der Waals surface area contributed by atoms with Gasteiger partial charge >= 0.3 is 0 Å². The van der Waals surface area contributed by atoms with Crippen molar-refractivity contribution in [3.63, 3.8) is 0 Å². The van der Waals surface area contributed by atoms with Gasteiger partial charge in [-0.1, -0.05) is 22.0 Å². The Morgan fingerprint density at radius 2 is 2.70 bits per heavy atom. The molecule has 1 aliphatic rings. The van der Waals surface area contributed by atoms with Crippen LogP contribution in [0.15, 0.2) is 17.3 Å². The summed E-state index contributed by atoms with van der Waals surface area (Å²) in [6, 6.07) is 2.05. The molecule has 1 atom stereocenters. The minimum atomic E-state index is 0.451. The summed E-state index contributed by atoms with van der Waals surface area (Å²) in [6.07, 6.45) is 4.49. The van der Waals surface area contributed by atoms with E-state index in [0.717, 1.165) is 11.8 Å². The van der Waals surface area contributed by atoms with Crippen molar-refractivity contribution in [1.82, 2.24) is 0 Å². The summed E-state index contributed by atoms with van der Waals surface area (Å²) in [5.74, 6) is 0.451. The summed E-state index contributed by atoms with van der Waals surface area (Å²) in [5.41, 5.74) is 0.631. The van der Waals surface area contributed by atoms with Gasteiger partial charge in [-0.05, 0) is 5.92 Å². The van der Waals surface area contributed by atoms with Crippen LogP contribution in [0.1, 0.15) is 6.42 Å². The molecule has 0 bridgehead atoms. The van der Waals surface area contributed by atoms with Crippen LogP contribution >= 0.6 is 15.9 Å². The maximum atomic E-state index is 8.47. The van der Waals surface area contributed by atoms with Gasteiger partial charge in [0.25, 0.3) is 0 Å². The van der Waals surface area contributed by atoms with E-state index in [2.05, 4.69) is 20.9 Å². The van der Waals surface area contributed by atoms with Gasteiger partial charge in [-0.2, -0.15) is 5.26 Å². The SMILES string of the molecule is N#CC1=NC=CC(CBr)C1. The summed E-state index contributed by atoms with van der Waals surface area (Å²) in [4.78, 5) is 3.90. The molecule has 0 radical (unpaired) electrons. The van der Waals surface area contributed by atoms with E-state index in [0.29, 0.717) is 11.6 Å². The molecule has 0 fully saturated rings. The smallest absolute Gasteiger partial charge is 0.118 e. The van der Waals surface area contributed by atoms with Crippen LogP contribution in [0.5, 0.6) is 0 Å². The Morgan fingerprint density at radius 1 is 1.90 bits per heavy atom. The third kappa shape index (κ3) is 1.68. The molecule has 1 heterocycles. The zero-order valence-corrected chi connectivity index (χ0v) is 7.00. The molecular formula is C7H7BrN2. The van der Waals surface area contributed by atoms with Gasteiger partial charge in [-0.15, -0.1) is 0 Å². The van der Waals surface area contributed by atoms with E-state index in [1.807, 2.05) is 12.1 Å². The first-order valence-electron chi connectivity index (χ1n) is 3.06. The first-order chi connectivity index (χ1) is 4.86. The number of nitriles is 1. The quantitative estimate of drug-likeness (QED) is 0.594. The highest BCUT2D eigenvalue weighted by molar-refractivity contribution is 9.09. The van der Waals surface area contributed by atoms with Gasteiger partial charge in [-0.25, -0.2) is 0 Å². The monoisotopic (exact) mass is 198 g/mol. The summed E-state index contributed by atoms with van der Waals surface area (Å²) in [7, 11) is 0. The van der Waals surface area contributed by atoms with Crippen LogP contribution in [0, 0.1) is 17.2 Å². The van der Waals surface area contributed by atoms with Crippen LogP contribution in [0.4, 0.5) is 0 Å². The van der Waals surface area contributed by atoms with E-state index in [4.69, 9.17) is 5.26 Å². The molecular weight excluding hydrogens is 192 g/mol. The number of hydrogen-bond acceptors (Lipinski definition) is 2. The lowest BCUT2D eigenvalue weighted by Gasteiger charge is -2.09. The first-order valence-corrected chi connectivity index (χ1v) is 4.18. The molecule has 0 N–H and O–H groups in total. The van der Waals surface area contributed by atoms with Crippen LogP contribution in [-0.4, -0.2) is 11.0 Å². The number of alkyl halides is 1. The fraction of sp³-hybridized carbons (Fsp3) is 0.429. The Bertz CT molecular complexity index is 212. The number of aliphatic imine (C=N–C) groups is 1. The van der Waals surface area contributed by atoms with Crippen molar-refractivity contribution in [2.75, 3.05) is 5.33 Å². The number of hydrogen-bond donors (Lipinski definition) is 0. The third-order valence-electron chi connectivity index (χ3n) is 1.37. The lowest BCUT2D eigenvalue weighted by atomic mass is 10.0. The van der Waals surface area contributed by atoms with E-state index >= 15 is 0 Å². The Labute approximate surface area is 68.4 Å². The summed E-state index contributed by atoms with van der Waals surface area (Å²) >= 11 is 3.35. The van der Waals surface area contributed by atoms with Gasteiger partial charge < -0.3 is 0 Å². The zero-order chi connectivity index (χ0) is 7.40. The van der Waals surface area contributed by atoms with E-state index in [1.165, 1.54) is 0 Å². The van der Waals surface area contributed by atoms with Crippen LogP contribution in [0.3, 0.4) is 0 Å². The molecule has 1 rings (SSSR count). The Kier molecular flexibility index (Phi) is 2.64. The van der Waals surface area contributed by atoms with E-state index in [1.54, 1.807) is 6.20 Å². The Morgan fingerprint density at radius 3 is 3.30 bits per heavy atom. The number of rotatable bonds is 1. The molecule has 0 aromatic carbocycles. The Hall–Kier alpha value is -0.620. The van der Waals surface area contributed by atoms with Gasteiger partial charge in [0, 0.05) is 18.0 Å². The molecule has 52 valence electrons. The van der Waals surface area contributed by atoms with Crippen LogP contribution < -0.4 is 0 Å². The molecule has 0 amide bonds. The van der Waals surface area contributed by atoms with Crippen molar-refractivity contribution in [2.24, 2.45) is 10.9 Å². The van der Waals surface area contributed by atoms with E-state index < -0.39 is 0 Å². The molecule has 10 heavy (non-hydrogen) atoms. The van der Waals surface area contributed by atoms with Gasteiger partial charge in [0.2, 0.25) is 0 Å². The van der Waals surface area contributed by atoms with E-state index in [-0.39, 0.29) is 0 Å². The summed E-state index contributed by atoms with van der Waals surface area (Å²) in [5, 5.41) is 9.38. The van der Waals surface area contributed by atoms with Crippen molar-refractivity contribution >= 4 is 21.6 Å². The van der Waals surface area contributed by atoms with Crippen molar-refractivity contribution in [3.8, 4) is 6.07 Å².